The predicted octanol–water partition coefficient (Wildman–Crippen LogP) is 1.60. The minimum atomic E-state index is -1.50. The summed E-state index contributed by atoms with van der Waals surface area (Å²) in [6, 6.07) is 7.32. The van der Waals surface area contributed by atoms with Crippen LogP contribution in [0.2, 0.25) is 0 Å². The maximum Gasteiger partial charge on any atom is 0.332 e. The first-order valence-corrected chi connectivity index (χ1v) is 10.3. The normalized spacial score (nSPS) is 28.9. The minimum Gasteiger partial charge on any atom is -0.367 e. The van der Waals surface area contributed by atoms with Crippen LogP contribution in [0, 0.1) is 0 Å². The van der Waals surface area contributed by atoms with Gasteiger partial charge in [-0.2, -0.15) is 0 Å². The molecule has 1 aromatic rings. The largest absolute Gasteiger partial charge is 0.367 e. The van der Waals surface area contributed by atoms with Crippen LogP contribution in [0.25, 0.3) is 0 Å². The van der Waals surface area contributed by atoms with Crippen molar-refractivity contribution in [2.24, 2.45) is 5.73 Å². The first-order chi connectivity index (χ1) is 13.5. The number of likely N-dealkylation sites (tertiary alicyclic amines) is 1. The molecule has 2 N–H and O–H groups in total. The number of imide groups is 1. The molecule has 0 unspecified atom stereocenters. The van der Waals surface area contributed by atoms with Crippen LogP contribution in [-0.4, -0.2) is 59.4 Å². The Morgan fingerprint density at radius 3 is 2.21 bits per heavy atom. The van der Waals surface area contributed by atoms with Crippen molar-refractivity contribution < 1.29 is 14.4 Å². The van der Waals surface area contributed by atoms with Gasteiger partial charge in [0.15, 0.2) is 0 Å². The maximum atomic E-state index is 13.0. The van der Waals surface area contributed by atoms with Crippen LogP contribution in [-0.2, 0) is 15.0 Å². The Balaban J connectivity index is 1.40. The summed E-state index contributed by atoms with van der Waals surface area (Å²) in [6.45, 7) is 3.84. The lowest BCUT2D eigenvalue weighted by Gasteiger charge is -2.24. The third kappa shape index (κ3) is 2.35. The lowest BCUT2D eigenvalue weighted by Crippen LogP contribution is -2.55. The van der Waals surface area contributed by atoms with Gasteiger partial charge in [-0.3, -0.25) is 9.59 Å². The van der Waals surface area contributed by atoms with Gasteiger partial charge in [0.1, 0.15) is 0 Å². The van der Waals surface area contributed by atoms with Gasteiger partial charge in [-0.1, -0.05) is 12.1 Å². The van der Waals surface area contributed by atoms with Gasteiger partial charge in [0.25, 0.3) is 11.8 Å². The minimum absolute atomic E-state index is 0.219. The third-order valence-corrected chi connectivity index (χ3v) is 7.08. The van der Waals surface area contributed by atoms with E-state index in [1.165, 1.54) is 49.2 Å². The zero-order chi connectivity index (χ0) is 19.5. The van der Waals surface area contributed by atoms with Crippen molar-refractivity contribution in [1.29, 1.82) is 0 Å². The Morgan fingerprint density at radius 1 is 0.964 bits per heavy atom. The number of anilines is 1. The Morgan fingerprint density at radius 2 is 1.64 bits per heavy atom. The van der Waals surface area contributed by atoms with Crippen molar-refractivity contribution in [3.8, 4) is 0 Å². The highest BCUT2D eigenvalue weighted by molar-refractivity contribution is 6.31. The quantitative estimate of drug-likeness (QED) is 0.619. The van der Waals surface area contributed by atoms with Crippen LogP contribution < -0.4 is 10.6 Å². The Labute approximate surface area is 164 Å². The topological polar surface area (TPSA) is 86.9 Å². The number of hydrogen-bond donors (Lipinski definition) is 1. The molecule has 3 heterocycles. The Hall–Kier alpha value is -2.41. The van der Waals surface area contributed by atoms with Gasteiger partial charge in [-0.15, -0.1) is 0 Å². The number of rotatable bonds is 5. The molecule has 0 aromatic heterocycles. The smallest absolute Gasteiger partial charge is 0.332 e. The van der Waals surface area contributed by atoms with E-state index in [9.17, 15) is 14.4 Å². The zero-order valence-electron chi connectivity index (χ0n) is 16.0. The number of primary amides is 1. The number of benzene rings is 1. The van der Waals surface area contributed by atoms with Crippen LogP contribution in [0.5, 0.6) is 0 Å². The number of amides is 4. The molecule has 4 aliphatic rings. The van der Waals surface area contributed by atoms with Gasteiger partial charge in [-0.25, -0.2) is 9.69 Å². The summed E-state index contributed by atoms with van der Waals surface area (Å²) in [4.78, 5) is 43.0. The molecule has 28 heavy (non-hydrogen) atoms. The summed E-state index contributed by atoms with van der Waals surface area (Å²) in [6.07, 6.45) is 5.86. The van der Waals surface area contributed by atoms with E-state index in [1.807, 2.05) is 24.3 Å². The van der Waals surface area contributed by atoms with E-state index >= 15 is 0 Å². The molecule has 148 valence electrons. The summed E-state index contributed by atoms with van der Waals surface area (Å²) < 4.78 is 0. The highest BCUT2D eigenvalue weighted by Gasteiger charge is 2.63. The van der Waals surface area contributed by atoms with Crippen molar-refractivity contribution in [2.45, 2.75) is 49.5 Å². The molecule has 5 rings (SSSR count). The van der Waals surface area contributed by atoms with Crippen molar-refractivity contribution in [3.05, 3.63) is 29.8 Å². The molecule has 1 aromatic carbocycles. The predicted molar refractivity (Wildman–Crippen MR) is 104 cm³/mol. The number of carbonyl (C=O) groups excluding carboxylic acids is 3. The van der Waals surface area contributed by atoms with E-state index < -0.39 is 23.4 Å². The lowest BCUT2D eigenvalue weighted by atomic mass is 9.94. The second kappa shape index (κ2) is 6.04. The Kier molecular flexibility index (Phi) is 3.81. The highest BCUT2D eigenvalue weighted by atomic mass is 16.2. The summed E-state index contributed by atoms with van der Waals surface area (Å²) in [7, 11) is 0. The molecule has 4 fully saturated rings. The first kappa shape index (κ1) is 17.7. The molecule has 1 aliphatic carbocycles. The van der Waals surface area contributed by atoms with E-state index in [2.05, 4.69) is 4.90 Å². The second-order valence-corrected chi connectivity index (χ2v) is 8.71. The van der Waals surface area contributed by atoms with Gasteiger partial charge in [-0.05, 0) is 69.3 Å². The van der Waals surface area contributed by atoms with Gasteiger partial charge in [0, 0.05) is 18.5 Å². The molecule has 0 radical (unpaired) electrons. The molecule has 3 aliphatic heterocycles. The second-order valence-electron chi connectivity index (χ2n) is 8.71. The summed E-state index contributed by atoms with van der Waals surface area (Å²) in [5.41, 5.74) is 6.06. The number of nitrogens with zero attached hydrogens (tertiary/aromatic N) is 3. The molecule has 0 spiro atoms. The fraction of sp³-hybridized carbons (Fsp3) is 0.571. The van der Waals surface area contributed by atoms with Crippen molar-refractivity contribution in [1.82, 2.24) is 9.80 Å². The van der Waals surface area contributed by atoms with Crippen LogP contribution in [0.3, 0.4) is 0 Å². The molecule has 4 amide bonds. The molecule has 7 nitrogen and oxygen atoms in total. The molecule has 7 heteroatoms. The number of urea groups is 1. The molecular weight excluding hydrogens is 356 g/mol. The average Bonchev–Trinajstić information content (AvgIpc) is 3.05. The van der Waals surface area contributed by atoms with Crippen LogP contribution in [0.4, 0.5) is 10.5 Å². The summed E-state index contributed by atoms with van der Waals surface area (Å²) in [5, 5.41) is 0. The lowest BCUT2D eigenvalue weighted by molar-refractivity contribution is -0.136. The molecular formula is C21H26N4O3. The molecule has 1 atom stereocenters. The molecule has 1 saturated carbocycles. The first-order valence-electron chi connectivity index (χ1n) is 10.3. The SMILES string of the molecule is NC(=O)[C@]12CCCN1C(=O)N(c1ccc(C3(CN4CCCC4)CC3)cc1)C2=O. The van der Waals surface area contributed by atoms with Gasteiger partial charge >= 0.3 is 6.03 Å². The number of fused-ring (bicyclic) bond motifs is 1. The summed E-state index contributed by atoms with van der Waals surface area (Å²) >= 11 is 0. The average molecular weight is 382 g/mol. The van der Waals surface area contributed by atoms with Crippen molar-refractivity contribution in [3.63, 3.8) is 0 Å². The maximum absolute atomic E-state index is 13.0. The fourth-order valence-corrected chi connectivity index (χ4v) is 5.30. The monoisotopic (exact) mass is 382 g/mol. The standard InChI is InChI=1S/C21H26N4O3/c22-17(26)21-8-3-13-24(21)19(28)25(18(21)27)16-6-4-15(5-7-16)20(9-10-20)14-23-11-1-2-12-23/h4-7H,1-3,8-14H2,(H2,22,26)/t21-/m0/s1. The highest BCUT2D eigenvalue weighted by Crippen LogP contribution is 2.49. The third-order valence-electron chi connectivity index (χ3n) is 7.08. The van der Waals surface area contributed by atoms with Gasteiger partial charge in [0.05, 0.1) is 5.69 Å². The van der Waals surface area contributed by atoms with E-state index in [0.717, 1.165) is 11.4 Å². The fourth-order valence-electron chi connectivity index (χ4n) is 5.30. The summed E-state index contributed by atoms with van der Waals surface area (Å²) in [5.74, 6) is -1.24. The van der Waals surface area contributed by atoms with E-state index in [0.29, 0.717) is 25.1 Å². The van der Waals surface area contributed by atoms with Crippen LogP contribution >= 0.6 is 0 Å². The van der Waals surface area contributed by atoms with Crippen LogP contribution in [0.15, 0.2) is 24.3 Å². The van der Waals surface area contributed by atoms with E-state index in [-0.39, 0.29) is 5.41 Å². The van der Waals surface area contributed by atoms with Gasteiger partial charge in [0.2, 0.25) is 5.54 Å². The number of nitrogens with two attached hydrogens (primary N) is 1. The Bertz CT molecular complexity index is 842. The number of carbonyl (C=O) groups is 3. The number of hydrogen-bond acceptors (Lipinski definition) is 4. The zero-order valence-corrected chi connectivity index (χ0v) is 16.0. The van der Waals surface area contributed by atoms with Crippen LogP contribution in [0.1, 0.15) is 44.1 Å². The van der Waals surface area contributed by atoms with E-state index in [1.54, 1.807) is 0 Å². The van der Waals surface area contributed by atoms with E-state index in [4.69, 9.17) is 5.73 Å². The molecule has 0 bridgehead atoms. The molecule has 3 saturated heterocycles. The van der Waals surface area contributed by atoms with Crippen molar-refractivity contribution >= 4 is 23.5 Å². The van der Waals surface area contributed by atoms with Crippen molar-refractivity contribution in [2.75, 3.05) is 31.1 Å². The van der Waals surface area contributed by atoms with Gasteiger partial charge < -0.3 is 15.5 Å².